The second kappa shape index (κ2) is 4.45. The minimum Gasteiger partial charge on any atom is -0.268 e. The Morgan fingerprint density at radius 2 is 1.68 bits per heavy atom. The lowest BCUT2D eigenvalue weighted by molar-refractivity contribution is 0.0926. The van der Waals surface area contributed by atoms with Gasteiger partial charge in [-0.1, -0.05) is 17.7 Å². The maximum atomic E-state index is 12.4. The van der Waals surface area contributed by atoms with Crippen molar-refractivity contribution in [2.45, 2.75) is 6.92 Å². The zero-order valence-electron chi connectivity index (χ0n) is 10.2. The fourth-order valence-electron chi connectivity index (χ4n) is 2.20. The van der Waals surface area contributed by atoms with Crippen LogP contribution in [-0.2, 0) is 0 Å². The van der Waals surface area contributed by atoms with Crippen LogP contribution >= 0.6 is 22.6 Å². The standard InChI is InChI=1S/C15H10INO2/c1-9-5-6-12-13(7-9)15(19)17(14(12)18)11-4-2-3-10(16)8-11/h2-8H,1H3. The maximum Gasteiger partial charge on any atom is 0.266 e. The van der Waals surface area contributed by atoms with Crippen molar-refractivity contribution in [1.29, 1.82) is 0 Å². The predicted octanol–water partition coefficient (Wildman–Crippen LogP) is 3.40. The molecule has 0 atom stereocenters. The number of carbonyl (C=O) groups excluding carboxylic acids is 2. The van der Waals surface area contributed by atoms with E-state index in [1.54, 1.807) is 18.2 Å². The van der Waals surface area contributed by atoms with E-state index in [9.17, 15) is 9.59 Å². The average molecular weight is 363 g/mol. The molecule has 3 nitrogen and oxygen atoms in total. The van der Waals surface area contributed by atoms with Crippen LogP contribution in [0.25, 0.3) is 0 Å². The molecule has 1 heterocycles. The van der Waals surface area contributed by atoms with Crippen LogP contribution in [0.3, 0.4) is 0 Å². The summed E-state index contributed by atoms with van der Waals surface area (Å²) in [5, 5.41) is 0. The number of hydrogen-bond donors (Lipinski definition) is 0. The first-order chi connectivity index (χ1) is 9.08. The molecule has 94 valence electrons. The molecule has 0 fully saturated rings. The van der Waals surface area contributed by atoms with E-state index in [2.05, 4.69) is 22.6 Å². The van der Waals surface area contributed by atoms with E-state index in [1.807, 2.05) is 31.2 Å². The maximum absolute atomic E-state index is 12.4. The van der Waals surface area contributed by atoms with Gasteiger partial charge in [-0.3, -0.25) is 9.59 Å². The molecule has 2 amide bonds. The minimum absolute atomic E-state index is 0.245. The number of anilines is 1. The van der Waals surface area contributed by atoms with Gasteiger partial charge in [0.2, 0.25) is 0 Å². The highest BCUT2D eigenvalue weighted by Gasteiger charge is 2.36. The van der Waals surface area contributed by atoms with Crippen LogP contribution < -0.4 is 4.90 Å². The number of carbonyl (C=O) groups is 2. The Hall–Kier alpha value is -1.69. The molecule has 0 unspecified atom stereocenters. The summed E-state index contributed by atoms with van der Waals surface area (Å²) in [6, 6.07) is 12.7. The zero-order chi connectivity index (χ0) is 13.6. The molecule has 2 aromatic carbocycles. The first kappa shape index (κ1) is 12.3. The zero-order valence-corrected chi connectivity index (χ0v) is 12.3. The fraction of sp³-hybridized carbons (Fsp3) is 0.0667. The van der Waals surface area contributed by atoms with E-state index >= 15 is 0 Å². The number of benzene rings is 2. The van der Waals surface area contributed by atoms with E-state index in [1.165, 1.54) is 4.90 Å². The molecule has 0 aromatic heterocycles. The highest BCUT2D eigenvalue weighted by atomic mass is 127. The summed E-state index contributed by atoms with van der Waals surface area (Å²) in [4.78, 5) is 25.9. The molecule has 1 aliphatic heterocycles. The largest absolute Gasteiger partial charge is 0.268 e. The lowest BCUT2D eigenvalue weighted by Crippen LogP contribution is -2.29. The van der Waals surface area contributed by atoms with Crippen molar-refractivity contribution in [3.05, 3.63) is 62.7 Å². The van der Waals surface area contributed by atoms with Crippen molar-refractivity contribution in [1.82, 2.24) is 0 Å². The van der Waals surface area contributed by atoms with Gasteiger partial charge < -0.3 is 0 Å². The molecule has 19 heavy (non-hydrogen) atoms. The van der Waals surface area contributed by atoms with Crippen LogP contribution in [0.5, 0.6) is 0 Å². The number of hydrogen-bond acceptors (Lipinski definition) is 2. The van der Waals surface area contributed by atoms with Crippen LogP contribution in [-0.4, -0.2) is 11.8 Å². The number of nitrogens with zero attached hydrogens (tertiary/aromatic N) is 1. The lowest BCUT2D eigenvalue weighted by atomic mass is 10.1. The third-order valence-corrected chi connectivity index (χ3v) is 3.78. The quantitative estimate of drug-likeness (QED) is 0.575. The van der Waals surface area contributed by atoms with Gasteiger partial charge in [-0.25, -0.2) is 4.90 Å². The molecule has 0 N–H and O–H groups in total. The van der Waals surface area contributed by atoms with Crippen LogP contribution in [0, 0.1) is 10.5 Å². The van der Waals surface area contributed by atoms with Gasteiger partial charge in [-0.2, -0.15) is 0 Å². The molecule has 0 saturated carbocycles. The number of rotatable bonds is 1. The Morgan fingerprint density at radius 1 is 0.947 bits per heavy atom. The number of imide groups is 1. The summed E-state index contributed by atoms with van der Waals surface area (Å²) < 4.78 is 0.989. The minimum atomic E-state index is -0.248. The number of fused-ring (bicyclic) bond motifs is 1. The predicted molar refractivity (Wildman–Crippen MR) is 81.5 cm³/mol. The first-order valence-corrected chi connectivity index (χ1v) is 6.91. The van der Waals surface area contributed by atoms with Crippen LogP contribution in [0.2, 0.25) is 0 Å². The molecule has 0 saturated heterocycles. The molecule has 0 spiro atoms. The van der Waals surface area contributed by atoms with Gasteiger partial charge in [0.15, 0.2) is 0 Å². The molecule has 0 radical (unpaired) electrons. The molecule has 0 aliphatic carbocycles. The van der Waals surface area contributed by atoms with E-state index in [0.717, 1.165) is 9.13 Å². The van der Waals surface area contributed by atoms with Crippen molar-refractivity contribution in [2.24, 2.45) is 0 Å². The lowest BCUT2D eigenvalue weighted by Gasteiger charge is -2.13. The Labute approximate surface area is 124 Å². The highest BCUT2D eigenvalue weighted by Crippen LogP contribution is 2.29. The van der Waals surface area contributed by atoms with Gasteiger partial charge in [-0.05, 0) is 59.8 Å². The molecular formula is C15H10INO2. The number of halogens is 1. The third kappa shape index (κ3) is 1.96. The first-order valence-electron chi connectivity index (χ1n) is 5.83. The van der Waals surface area contributed by atoms with E-state index < -0.39 is 0 Å². The Kier molecular flexibility index (Phi) is 2.89. The van der Waals surface area contributed by atoms with Crippen molar-refractivity contribution >= 4 is 40.1 Å². The Morgan fingerprint density at radius 3 is 2.42 bits per heavy atom. The van der Waals surface area contributed by atoms with Gasteiger partial charge in [0, 0.05) is 3.57 Å². The second-order valence-corrected chi connectivity index (χ2v) is 5.72. The summed E-state index contributed by atoms with van der Waals surface area (Å²) in [7, 11) is 0. The SMILES string of the molecule is Cc1ccc2c(c1)C(=O)N(c1cccc(I)c1)C2=O. The van der Waals surface area contributed by atoms with Gasteiger partial charge in [0.05, 0.1) is 16.8 Å². The Balaban J connectivity index is 2.13. The smallest absolute Gasteiger partial charge is 0.266 e. The van der Waals surface area contributed by atoms with Crippen LogP contribution in [0.4, 0.5) is 5.69 Å². The summed E-state index contributed by atoms with van der Waals surface area (Å²) in [5.74, 6) is -0.493. The molecule has 0 bridgehead atoms. The summed E-state index contributed by atoms with van der Waals surface area (Å²) in [5.41, 5.74) is 2.57. The van der Waals surface area contributed by atoms with Crippen LogP contribution in [0.15, 0.2) is 42.5 Å². The van der Waals surface area contributed by atoms with Crippen molar-refractivity contribution < 1.29 is 9.59 Å². The molecular weight excluding hydrogens is 353 g/mol. The summed E-state index contributed by atoms with van der Waals surface area (Å²) in [6.07, 6.45) is 0. The fourth-order valence-corrected chi connectivity index (χ4v) is 2.73. The monoisotopic (exact) mass is 363 g/mol. The highest BCUT2D eigenvalue weighted by molar-refractivity contribution is 14.1. The number of aryl methyl sites for hydroxylation is 1. The van der Waals surface area contributed by atoms with E-state index in [0.29, 0.717) is 16.8 Å². The van der Waals surface area contributed by atoms with Crippen molar-refractivity contribution in [2.75, 3.05) is 4.90 Å². The van der Waals surface area contributed by atoms with Gasteiger partial charge in [0.25, 0.3) is 11.8 Å². The van der Waals surface area contributed by atoms with Gasteiger partial charge in [0.1, 0.15) is 0 Å². The normalized spacial score (nSPS) is 13.9. The third-order valence-electron chi connectivity index (χ3n) is 3.11. The van der Waals surface area contributed by atoms with Gasteiger partial charge in [-0.15, -0.1) is 0 Å². The molecule has 3 rings (SSSR count). The molecule has 4 heteroatoms. The second-order valence-electron chi connectivity index (χ2n) is 4.47. The average Bonchev–Trinajstić information content (AvgIpc) is 2.61. The molecule has 2 aromatic rings. The van der Waals surface area contributed by atoms with E-state index in [4.69, 9.17) is 0 Å². The summed E-state index contributed by atoms with van der Waals surface area (Å²) >= 11 is 2.16. The topological polar surface area (TPSA) is 37.4 Å². The molecule has 1 aliphatic rings. The number of amides is 2. The van der Waals surface area contributed by atoms with Crippen molar-refractivity contribution in [3.8, 4) is 0 Å². The van der Waals surface area contributed by atoms with E-state index in [-0.39, 0.29) is 11.8 Å². The van der Waals surface area contributed by atoms with Gasteiger partial charge >= 0.3 is 0 Å². The van der Waals surface area contributed by atoms with Crippen LogP contribution in [0.1, 0.15) is 26.3 Å². The Bertz CT molecular complexity index is 709. The van der Waals surface area contributed by atoms with Crippen molar-refractivity contribution in [3.63, 3.8) is 0 Å². The summed E-state index contributed by atoms with van der Waals surface area (Å²) in [6.45, 7) is 1.91.